The minimum Gasteiger partial charge on any atom is -0.494 e. The second kappa shape index (κ2) is 5.11. The minimum atomic E-state index is -0.0297. The second-order valence-corrected chi connectivity index (χ2v) is 6.78. The first kappa shape index (κ1) is 15.0. The average molecular weight is 342 g/mol. The fraction of sp³-hybridized carbons (Fsp3) is 0.136. The van der Waals surface area contributed by atoms with Gasteiger partial charge in [0.2, 0.25) is 0 Å². The molecule has 128 valence electrons. The number of ether oxygens (including phenoxy) is 1. The highest BCUT2D eigenvalue weighted by Crippen LogP contribution is 2.40. The number of aromatic nitrogens is 2. The first-order valence-electron chi connectivity index (χ1n) is 8.60. The quantitative estimate of drug-likeness (QED) is 0.482. The number of pyridine rings is 1. The standard InChI is InChI=1S/C22H18N2O2/c1-12-10-18(25)24(2)22-17(26-3)11-16-20(19(12)22)15-9-8-13-6-4-5-7-14(13)21(15)23-16/h4-11,23H,1-3H3. The fourth-order valence-corrected chi connectivity index (χ4v) is 4.11. The summed E-state index contributed by atoms with van der Waals surface area (Å²) in [6.45, 7) is 1.99. The summed E-state index contributed by atoms with van der Waals surface area (Å²) in [6.07, 6.45) is 0. The summed E-state index contributed by atoms with van der Waals surface area (Å²) in [5.41, 5.74) is 3.89. The van der Waals surface area contributed by atoms with Crippen LogP contribution < -0.4 is 10.3 Å². The van der Waals surface area contributed by atoms with Crippen molar-refractivity contribution in [1.29, 1.82) is 0 Å². The third-order valence-electron chi connectivity index (χ3n) is 5.34. The highest BCUT2D eigenvalue weighted by atomic mass is 16.5. The molecular formula is C22H18N2O2. The average Bonchev–Trinajstić information content (AvgIpc) is 3.03. The lowest BCUT2D eigenvalue weighted by Crippen LogP contribution is -2.17. The fourth-order valence-electron chi connectivity index (χ4n) is 4.11. The Bertz CT molecular complexity index is 1410. The van der Waals surface area contributed by atoms with E-state index in [9.17, 15) is 4.79 Å². The van der Waals surface area contributed by atoms with Crippen molar-refractivity contribution in [3.05, 3.63) is 64.4 Å². The molecule has 0 aliphatic heterocycles. The monoisotopic (exact) mass is 342 g/mol. The minimum absolute atomic E-state index is 0.0297. The van der Waals surface area contributed by atoms with Crippen LogP contribution in [-0.2, 0) is 7.05 Å². The summed E-state index contributed by atoms with van der Waals surface area (Å²) in [5, 5.41) is 5.74. The van der Waals surface area contributed by atoms with Gasteiger partial charge >= 0.3 is 0 Å². The number of aryl methyl sites for hydroxylation is 2. The Labute approximate surface area is 149 Å². The van der Waals surface area contributed by atoms with Gasteiger partial charge in [-0.15, -0.1) is 0 Å². The Kier molecular flexibility index (Phi) is 2.95. The highest BCUT2D eigenvalue weighted by Gasteiger charge is 2.17. The van der Waals surface area contributed by atoms with Crippen LogP contribution in [0.15, 0.2) is 53.3 Å². The molecular weight excluding hydrogens is 324 g/mol. The van der Waals surface area contributed by atoms with Gasteiger partial charge in [0.25, 0.3) is 5.56 Å². The number of nitrogens with one attached hydrogen (secondary N) is 1. The number of aromatic amines is 1. The molecule has 0 aliphatic carbocycles. The molecule has 1 N–H and O–H groups in total. The molecule has 0 aliphatic rings. The van der Waals surface area contributed by atoms with E-state index in [1.54, 1.807) is 24.8 Å². The van der Waals surface area contributed by atoms with Gasteiger partial charge in [0.15, 0.2) is 0 Å². The van der Waals surface area contributed by atoms with Gasteiger partial charge in [-0.3, -0.25) is 4.79 Å². The Morgan fingerprint density at radius 2 is 1.81 bits per heavy atom. The Hall–Kier alpha value is -3.27. The molecule has 0 fully saturated rings. The van der Waals surface area contributed by atoms with E-state index in [1.165, 1.54) is 10.8 Å². The van der Waals surface area contributed by atoms with Gasteiger partial charge in [-0.25, -0.2) is 0 Å². The number of H-pyrrole nitrogens is 1. The Balaban J connectivity index is 2.13. The first-order valence-corrected chi connectivity index (χ1v) is 8.60. The van der Waals surface area contributed by atoms with E-state index in [0.29, 0.717) is 5.75 Å². The predicted octanol–water partition coefficient (Wildman–Crippen LogP) is 4.64. The van der Waals surface area contributed by atoms with E-state index in [-0.39, 0.29) is 5.56 Å². The van der Waals surface area contributed by atoms with Crippen molar-refractivity contribution in [2.45, 2.75) is 6.92 Å². The largest absolute Gasteiger partial charge is 0.494 e. The molecule has 5 rings (SSSR count). The molecule has 3 aromatic carbocycles. The van der Waals surface area contributed by atoms with Crippen molar-refractivity contribution < 1.29 is 4.74 Å². The van der Waals surface area contributed by atoms with Crippen molar-refractivity contribution in [3.8, 4) is 5.75 Å². The normalized spacial score (nSPS) is 11.8. The van der Waals surface area contributed by atoms with Crippen molar-refractivity contribution in [2.75, 3.05) is 7.11 Å². The molecule has 0 saturated heterocycles. The SMILES string of the molecule is COc1cc2[nH]c3c4ccccc4ccc3c2c2c(C)cc(=O)n(C)c12. The third kappa shape index (κ3) is 1.81. The summed E-state index contributed by atoms with van der Waals surface area (Å²) in [5.74, 6) is 0.701. The van der Waals surface area contributed by atoms with Crippen LogP contribution in [0.5, 0.6) is 5.75 Å². The van der Waals surface area contributed by atoms with Gasteiger partial charge in [-0.2, -0.15) is 0 Å². The molecule has 0 unspecified atom stereocenters. The molecule has 0 amide bonds. The smallest absolute Gasteiger partial charge is 0.251 e. The van der Waals surface area contributed by atoms with Crippen LogP contribution in [0.3, 0.4) is 0 Å². The van der Waals surface area contributed by atoms with Crippen LogP contribution in [0, 0.1) is 6.92 Å². The van der Waals surface area contributed by atoms with E-state index in [2.05, 4.69) is 41.4 Å². The van der Waals surface area contributed by atoms with Gasteiger partial charge in [-0.1, -0.05) is 36.4 Å². The van der Waals surface area contributed by atoms with Crippen molar-refractivity contribution in [2.24, 2.45) is 7.05 Å². The zero-order valence-corrected chi connectivity index (χ0v) is 14.9. The summed E-state index contributed by atoms with van der Waals surface area (Å²) in [6, 6.07) is 16.4. The van der Waals surface area contributed by atoms with Gasteiger partial charge in [0, 0.05) is 40.7 Å². The maximum Gasteiger partial charge on any atom is 0.251 e. The molecule has 0 spiro atoms. The zero-order chi connectivity index (χ0) is 18.0. The summed E-state index contributed by atoms with van der Waals surface area (Å²) < 4.78 is 7.30. The van der Waals surface area contributed by atoms with Crippen molar-refractivity contribution in [1.82, 2.24) is 9.55 Å². The lowest BCUT2D eigenvalue weighted by Gasteiger charge is -2.13. The lowest BCUT2D eigenvalue weighted by molar-refractivity contribution is 0.418. The van der Waals surface area contributed by atoms with Crippen LogP contribution in [0.4, 0.5) is 0 Å². The van der Waals surface area contributed by atoms with Crippen LogP contribution in [-0.4, -0.2) is 16.7 Å². The topological polar surface area (TPSA) is 47.0 Å². The van der Waals surface area contributed by atoms with Crippen LogP contribution >= 0.6 is 0 Å². The molecule has 5 aromatic rings. The van der Waals surface area contributed by atoms with Crippen LogP contribution in [0.2, 0.25) is 0 Å². The Morgan fingerprint density at radius 3 is 2.62 bits per heavy atom. The number of hydrogen-bond donors (Lipinski definition) is 1. The molecule has 0 saturated carbocycles. The van der Waals surface area contributed by atoms with E-state index < -0.39 is 0 Å². The number of benzene rings is 3. The lowest BCUT2D eigenvalue weighted by atomic mass is 10.0. The van der Waals surface area contributed by atoms with Gasteiger partial charge in [-0.05, 0) is 17.9 Å². The number of rotatable bonds is 1. The molecule has 2 aromatic heterocycles. The summed E-state index contributed by atoms with van der Waals surface area (Å²) >= 11 is 0. The molecule has 0 radical (unpaired) electrons. The summed E-state index contributed by atoms with van der Waals surface area (Å²) in [7, 11) is 3.44. The van der Waals surface area contributed by atoms with Crippen LogP contribution in [0.1, 0.15) is 5.56 Å². The number of hydrogen-bond acceptors (Lipinski definition) is 2. The van der Waals surface area contributed by atoms with Crippen molar-refractivity contribution in [3.63, 3.8) is 0 Å². The third-order valence-corrected chi connectivity index (χ3v) is 5.34. The summed E-state index contributed by atoms with van der Waals surface area (Å²) in [4.78, 5) is 15.9. The number of nitrogens with zero attached hydrogens (tertiary/aromatic N) is 1. The number of fused-ring (bicyclic) bond motifs is 7. The van der Waals surface area contributed by atoms with E-state index >= 15 is 0 Å². The van der Waals surface area contributed by atoms with E-state index in [0.717, 1.165) is 38.3 Å². The molecule has 2 heterocycles. The highest BCUT2D eigenvalue weighted by molar-refractivity contribution is 6.25. The Morgan fingerprint density at radius 1 is 1.00 bits per heavy atom. The molecule has 26 heavy (non-hydrogen) atoms. The van der Waals surface area contributed by atoms with Crippen LogP contribution in [0.25, 0.3) is 43.5 Å². The van der Waals surface area contributed by atoms with Gasteiger partial charge in [0.1, 0.15) is 5.75 Å². The van der Waals surface area contributed by atoms with Crippen molar-refractivity contribution >= 4 is 43.5 Å². The molecule has 4 nitrogen and oxygen atoms in total. The second-order valence-electron chi connectivity index (χ2n) is 6.78. The van der Waals surface area contributed by atoms with E-state index in [4.69, 9.17) is 4.74 Å². The zero-order valence-electron chi connectivity index (χ0n) is 14.9. The number of methoxy groups -OCH3 is 1. The molecule has 4 heteroatoms. The predicted molar refractivity (Wildman–Crippen MR) is 107 cm³/mol. The molecule has 0 atom stereocenters. The van der Waals surface area contributed by atoms with Gasteiger partial charge < -0.3 is 14.3 Å². The first-order chi connectivity index (χ1) is 12.6. The van der Waals surface area contributed by atoms with E-state index in [1.807, 2.05) is 13.0 Å². The van der Waals surface area contributed by atoms with Gasteiger partial charge in [0.05, 0.1) is 23.7 Å². The maximum absolute atomic E-state index is 12.3. The maximum atomic E-state index is 12.3. The molecule has 0 bridgehead atoms.